The zero-order valence-corrected chi connectivity index (χ0v) is 18.9. The molecule has 3 aromatic rings. The Hall–Kier alpha value is -3.04. The van der Waals surface area contributed by atoms with Crippen LogP contribution in [0.1, 0.15) is 45.8 Å². The Morgan fingerprint density at radius 2 is 1.55 bits per heavy atom. The molecule has 0 radical (unpaired) electrons. The summed E-state index contributed by atoms with van der Waals surface area (Å²) in [5, 5.41) is 9.48. The molecule has 0 saturated carbocycles. The Balaban J connectivity index is 1.33. The second kappa shape index (κ2) is 9.44. The third-order valence-electron chi connectivity index (χ3n) is 6.02. The van der Waals surface area contributed by atoms with Gasteiger partial charge in [0.2, 0.25) is 0 Å². The number of thioether (sulfide) groups is 1. The smallest absolute Gasteiger partial charge is 0.261 e. The molecule has 0 aliphatic carbocycles. The lowest BCUT2D eigenvalue weighted by atomic mass is 10.1. The van der Waals surface area contributed by atoms with Crippen LogP contribution in [-0.2, 0) is 6.54 Å². The molecule has 2 aromatic carbocycles. The first-order valence-corrected chi connectivity index (χ1v) is 12.1. The van der Waals surface area contributed by atoms with E-state index in [4.69, 9.17) is 0 Å². The van der Waals surface area contributed by atoms with E-state index in [2.05, 4.69) is 15.1 Å². The van der Waals surface area contributed by atoms with Gasteiger partial charge in [-0.25, -0.2) is 4.39 Å². The van der Waals surface area contributed by atoms with E-state index < -0.39 is 0 Å². The number of rotatable bonds is 7. The van der Waals surface area contributed by atoms with Crippen LogP contribution in [0.2, 0.25) is 0 Å². The van der Waals surface area contributed by atoms with Crippen molar-refractivity contribution in [2.45, 2.75) is 31.0 Å². The first kappa shape index (κ1) is 21.8. The maximum Gasteiger partial charge on any atom is 0.261 e. The van der Waals surface area contributed by atoms with Gasteiger partial charge in [0, 0.05) is 18.0 Å². The van der Waals surface area contributed by atoms with Crippen LogP contribution < -0.4 is 0 Å². The van der Waals surface area contributed by atoms with E-state index in [1.807, 2.05) is 4.57 Å². The number of likely N-dealkylation sites (tertiary alicyclic amines) is 1. The molecule has 33 heavy (non-hydrogen) atoms. The van der Waals surface area contributed by atoms with E-state index in [0.29, 0.717) is 28.6 Å². The van der Waals surface area contributed by atoms with Crippen LogP contribution in [0.5, 0.6) is 0 Å². The Labute approximate surface area is 195 Å². The number of aromatic nitrogens is 3. The highest BCUT2D eigenvalue weighted by Gasteiger charge is 2.34. The van der Waals surface area contributed by atoms with Gasteiger partial charge in [0.05, 0.1) is 17.7 Å². The molecular weight excluding hydrogens is 441 g/mol. The number of imide groups is 1. The second-order valence-electron chi connectivity index (χ2n) is 8.20. The van der Waals surface area contributed by atoms with E-state index in [1.54, 1.807) is 36.4 Å². The number of carbonyl (C=O) groups is 2. The van der Waals surface area contributed by atoms with Gasteiger partial charge in [-0.1, -0.05) is 30.3 Å². The first-order valence-electron chi connectivity index (χ1n) is 11.1. The summed E-state index contributed by atoms with van der Waals surface area (Å²) in [6.45, 7) is 3.00. The molecule has 2 aliphatic heterocycles. The van der Waals surface area contributed by atoms with Crippen LogP contribution in [-0.4, -0.2) is 61.8 Å². The quantitative estimate of drug-likeness (QED) is 0.391. The minimum absolute atomic E-state index is 0.262. The number of fused-ring (bicyclic) bond motifs is 1. The third-order valence-corrected chi connectivity index (χ3v) is 6.93. The summed E-state index contributed by atoms with van der Waals surface area (Å²) >= 11 is 1.43. The maximum absolute atomic E-state index is 13.5. The molecule has 1 saturated heterocycles. The SMILES string of the molecule is O=C1c2ccccc2C(=O)N1CCSc1nnc(CN2CCCCC2)n1-c1ccc(F)cc1. The minimum Gasteiger partial charge on any atom is -0.296 e. The Morgan fingerprint density at radius 1 is 0.879 bits per heavy atom. The topological polar surface area (TPSA) is 71.3 Å². The average molecular weight is 466 g/mol. The van der Waals surface area contributed by atoms with Crippen molar-refractivity contribution >= 4 is 23.6 Å². The molecule has 7 nitrogen and oxygen atoms in total. The summed E-state index contributed by atoms with van der Waals surface area (Å²) in [6, 6.07) is 13.2. The summed E-state index contributed by atoms with van der Waals surface area (Å²) in [6.07, 6.45) is 3.60. The largest absolute Gasteiger partial charge is 0.296 e. The van der Waals surface area contributed by atoms with Gasteiger partial charge < -0.3 is 0 Å². The molecule has 0 unspecified atom stereocenters. The van der Waals surface area contributed by atoms with Gasteiger partial charge in [-0.05, 0) is 62.3 Å². The summed E-state index contributed by atoms with van der Waals surface area (Å²) in [5.74, 6) is 0.453. The number of amides is 2. The van der Waals surface area contributed by atoms with Gasteiger partial charge in [0.1, 0.15) is 5.82 Å². The summed E-state index contributed by atoms with van der Waals surface area (Å²) in [5.41, 5.74) is 1.69. The number of nitrogens with zero attached hydrogens (tertiary/aromatic N) is 5. The van der Waals surface area contributed by atoms with Gasteiger partial charge in [-0.15, -0.1) is 10.2 Å². The molecule has 3 heterocycles. The monoisotopic (exact) mass is 465 g/mol. The van der Waals surface area contributed by atoms with Crippen molar-refractivity contribution in [2.75, 3.05) is 25.4 Å². The van der Waals surface area contributed by atoms with Crippen LogP contribution in [0.25, 0.3) is 5.69 Å². The standard InChI is InChI=1S/C24H24FN5O2S/c25-17-8-10-18(11-9-17)30-21(16-28-12-4-1-5-13-28)26-27-24(30)33-15-14-29-22(31)19-6-2-3-7-20(19)23(29)32/h2-3,6-11H,1,4-5,12-16H2. The molecule has 2 amide bonds. The van der Waals surface area contributed by atoms with Gasteiger partial charge >= 0.3 is 0 Å². The Kier molecular flexibility index (Phi) is 6.24. The summed E-state index contributed by atoms with van der Waals surface area (Å²) in [4.78, 5) is 28.9. The number of benzene rings is 2. The molecule has 0 atom stereocenters. The molecular formula is C24H24FN5O2S. The highest BCUT2D eigenvalue weighted by molar-refractivity contribution is 7.99. The number of hydrogen-bond donors (Lipinski definition) is 0. The zero-order chi connectivity index (χ0) is 22.8. The van der Waals surface area contributed by atoms with E-state index in [-0.39, 0.29) is 24.2 Å². The van der Waals surface area contributed by atoms with Crippen LogP contribution in [0.4, 0.5) is 4.39 Å². The minimum atomic E-state index is -0.302. The molecule has 2 aliphatic rings. The Bertz CT molecular complexity index is 1140. The molecule has 0 N–H and O–H groups in total. The molecule has 1 aromatic heterocycles. The van der Waals surface area contributed by atoms with E-state index in [9.17, 15) is 14.0 Å². The van der Waals surface area contributed by atoms with Crippen molar-refractivity contribution in [2.24, 2.45) is 0 Å². The van der Waals surface area contributed by atoms with Crippen LogP contribution >= 0.6 is 11.8 Å². The maximum atomic E-state index is 13.5. The highest BCUT2D eigenvalue weighted by atomic mass is 32.2. The van der Waals surface area contributed by atoms with Crippen molar-refractivity contribution in [3.8, 4) is 5.69 Å². The van der Waals surface area contributed by atoms with Gasteiger partial charge in [-0.2, -0.15) is 0 Å². The fraction of sp³-hybridized carbons (Fsp3) is 0.333. The van der Waals surface area contributed by atoms with Crippen molar-refractivity contribution in [1.29, 1.82) is 0 Å². The lowest BCUT2D eigenvalue weighted by Crippen LogP contribution is -2.32. The predicted octanol–water partition coefficient (Wildman–Crippen LogP) is 3.78. The van der Waals surface area contributed by atoms with Crippen molar-refractivity contribution in [1.82, 2.24) is 24.6 Å². The van der Waals surface area contributed by atoms with Gasteiger partial charge in [-0.3, -0.25) is 24.0 Å². The molecule has 5 rings (SSSR count). The first-order chi connectivity index (χ1) is 16.1. The fourth-order valence-electron chi connectivity index (χ4n) is 4.33. The van der Waals surface area contributed by atoms with E-state index in [0.717, 1.165) is 24.6 Å². The third kappa shape index (κ3) is 4.43. The summed E-state index contributed by atoms with van der Waals surface area (Å²) in [7, 11) is 0. The highest BCUT2D eigenvalue weighted by Crippen LogP contribution is 2.26. The molecule has 170 valence electrons. The van der Waals surface area contributed by atoms with Crippen molar-refractivity contribution < 1.29 is 14.0 Å². The molecule has 9 heteroatoms. The zero-order valence-electron chi connectivity index (χ0n) is 18.1. The number of carbonyl (C=O) groups excluding carboxylic acids is 2. The average Bonchev–Trinajstić information content (AvgIpc) is 3.34. The molecule has 1 fully saturated rings. The molecule has 0 bridgehead atoms. The normalized spacial score (nSPS) is 16.5. The molecule has 0 spiro atoms. The predicted molar refractivity (Wildman–Crippen MR) is 123 cm³/mol. The van der Waals surface area contributed by atoms with Crippen LogP contribution in [0.3, 0.4) is 0 Å². The number of hydrogen-bond acceptors (Lipinski definition) is 6. The van der Waals surface area contributed by atoms with E-state index in [1.165, 1.54) is 48.1 Å². The summed E-state index contributed by atoms with van der Waals surface area (Å²) < 4.78 is 15.5. The van der Waals surface area contributed by atoms with Crippen molar-refractivity contribution in [3.05, 3.63) is 71.3 Å². The van der Waals surface area contributed by atoms with Crippen LogP contribution in [0, 0.1) is 5.82 Å². The fourth-order valence-corrected chi connectivity index (χ4v) is 5.23. The second-order valence-corrected chi connectivity index (χ2v) is 9.27. The van der Waals surface area contributed by atoms with Crippen LogP contribution in [0.15, 0.2) is 53.7 Å². The lowest BCUT2D eigenvalue weighted by Gasteiger charge is -2.26. The van der Waals surface area contributed by atoms with E-state index >= 15 is 0 Å². The van der Waals surface area contributed by atoms with Crippen molar-refractivity contribution in [3.63, 3.8) is 0 Å². The van der Waals surface area contributed by atoms with Gasteiger partial charge in [0.25, 0.3) is 11.8 Å². The van der Waals surface area contributed by atoms with Gasteiger partial charge in [0.15, 0.2) is 11.0 Å². The number of piperidine rings is 1. The number of halogens is 1. The lowest BCUT2D eigenvalue weighted by molar-refractivity contribution is 0.0664. The Morgan fingerprint density at radius 3 is 2.21 bits per heavy atom.